The minimum absolute atomic E-state index is 0.172. The summed E-state index contributed by atoms with van der Waals surface area (Å²) in [6.45, 7) is 7.17. The summed E-state index contributed by atoms with van der Waals surface area (Å²) < 4.78 is 9.91. The lowest BCUT2D eigenvalue weighted by molar-refractivity contribution is -0.144. The second-order valence-electron chi connectivity index (χ2n) is 4.98. The van der Waals surface area contributed by atoms with Crippen LogP contribution in [0.3, 0.4) is 0 Å². The van der Waals surface area contributed by atoms with Gasteiger partial charge in [-0.25, -0.2) is 9.59 Å². The largest absolute Gasteiger partial charge is 0.467 e. The molecular weight excluding hydrogens is 222 g/mol. The zero-order valence-corrected chi connectivity index (χ0v) is 10.9. The molecule has 1 heterocycles. The molecule has 1 rings (SSSR count). The summed E-state index contributed by atoms with van der Waals surface area (Å²) in [7, 11) is 1.30. The molecule has 0 bridgehead atoms. The van der Waals surface area contributed by atoms with Gasteiger partial charge in [0.2, 0.25) is 0 Å². The molecule has 0 aromatic rings. The number of esters is 1. The topological polar surface area (TPSA) is 55.8 Å². The van der Waals surface area contributed by atoms with Gasteiger partial charge in [0.1, 0.15) is 5.60 Å². The molecule has 5 heteroatoms. The minimum Gasteiger partial charge on any atom is -0.467 e. The van der Waals surface area contributed by atoms with Crippen molar-refractivity contribution in [3.8, 4) is 0 Å². The van der Waals surface area contributed by atoms with Crippen LogP contribution >= 0.6 is 0 Å². The molecule has 0 spiro atoms. The fourth-order valence-corrected chi connectivity index (χ4v) is 1.61. The van der Waals surface area contributed by atoms with Gasteiger partial charge in [0.05, 0.1) is 13.2 Å². The highest BCUT2D eigenvalue weighted by molar-refractivity contribution is 5.84. The molecule has 0 saturated heterocycles. The van der Waals surface area contributed by atoms with Crippen LogP contribution in [0.5, 0.6) is 0 Å². The van der Waals surface area contributed by atoms with Crippen molar-refractivity contribution in [3.05, 3.63) is 12.2 Å². The van der Waals surface area contributed by atoms with Crippen LogP contribution in [-0.4, -0.2) is 41.8 Å². The molecule has 1 amide bonds. The number of hydrogen-bond donors (Lipinski definition) is 0. The fourth-order valence-electron chi connectivity index (χ4n) is 1.61. The summed E-state index contributed by atoms with van der Waals surface area (Å²) in [4.78, 5) is 24.8. The molecule has 0 aromatic carbocycles. The number of ether oxygens (including phenoxy) is 2. The minimum atomic E-state index is -0.690. The van der Waals surface area contributed by atoms with Gasteiger partial charge in [-0.2, -0.15) is 0 Å². The molecule has 0 aliphatic carbocycles. The summed E-state index contributed by atoms with van der Waals surface area (Å²) in [5, 5.41) is 0. The molecular formula is C12H19NO4. The Labute approximate surface area is 101 Å². The third-order valence-electron chi connectivity index (χ3n) is 2.36. The predicted octanol–water partition coefficient (Wildman–Crippen LogP) is 1.72. The van der Waals surface area contributed by atoms with Gasteiger partial charge in [-0.3, -0.25) is 4.90 Å². The highest BCUT2D eigenvalue weighted by atomic mass is 16.6. The van der Waals surface area contributed by atoms with Crippen LogP contribution in [0.1, 0.15) is 27.7 Å². The van der Waals surface area contributed by atoms with Crippen LogP contribution < -0.4 is 0 Å². The Bertz CT molecular complexity index is 343. The average molecular weight is 241 g/mol. The number of hydrogen-bond acceptors (Lipinski definition) is 4. The van der Waals surface area contributed by atoms with Gasteiger partial charge in [-0.05, 0) is 27.7 Å². The van der Waals surface area contributed by atoms with Crippen LogP contribution in [0.25, 0.3) is 0 Å². The Hall–Kier alpha value is -1.52. The van der Waals surface area contributed by atoms with Gasteiger partial charge in [0.25, 0.3) is 0 Å². The van der Waals surface area contributed by atoms with Crippen molar-refractivity contribution in [2.75, 3.05) is 7.11 Å². The maximum Gasteiger partial charge on any atom is 0.411 e. The quantitative estimate of drug-likeness (QED) is 0.518. The Morgan fingerprint density at radius 2 is 1.82 bits per heavy atom. The van der Waals surface area contributed by atoms with E-state index in [1.54, 1.807) is 32.9 Å². The van der Waals surface area contributed by atoms with E-state index in [1.807, 2.05) is 6.92 Å². The first-order chi connectivity index (χ1) is 7.76. The van der Waals surface area contributed by atoms with Crippen molar-refractivity contribution < 1.29 is 19.1 Å². The third kappa shape index (κ3) is 3.22. The molecule has 0 N–H and O–H groups in total. The summed E-state index contributed by atoms with van der Waals surface area (Å²) >= 11 is 0. The van der Waals surface area contributed by atoms with Crippen LogP contribution in [0.4, 0.5) is 4.79 Å². The molecule has 2 atom stereocenters. The summed E-state index contributed by atoms with van der Waals surface area (Å²) in [6.07, 6.45) is 2.93. The van der Waals surface area contributed by atoms with Crippen LogP contribution in [0.15, 0.2) is 12.2 Å². The van der Waals surface area contributed by atoms with Crippen molar-refractivity contribution in [1.29, 1.82) is 0 Å². The normalized spacial score (nSPS) is 23.7. The first-order valence-electron chi connectivity index (χ1n) is 5.53. The molecule has 17 heavy (non-hydrogen) atoms. The second kappa shape index (κ2) is 4.77. The van der Waals surface area contributed by atoms with Crippen LogP contribution in [0, 0.1) is 0 Å². The first-order valence-corrected chi connectivity index (χ1v) is 5.53. The zero-order valence-electron chi connectivity index (χ0n) is 10.9. The lowest BCUT2D eigenvalue weighted by Crippen LogP contribution is -2.47. The average Bonchev–Trinajstić information content (AvgIpc) is 2.56. The van der Waals surface area contributed by atoms with Crippen LogP contribution in [0.2, 0.25) is 0 Å². The summed E-state index contributed by atoms with van der Waals surface area (Å²) in [5.41, 5.74) is -0.583. The maximum atomic E-state index is 12.0. The van der Waals surface area contributed by atoms with E-state index in [4.69, 9.17) is 4.74 Å². The van der Waals surface area contributed by atoms with Gasteiger partial charge >= 0.3 is 12.1 Å². The van der Waals surface area contributed by atoms with E-state index in [-0.39, 0.29) is 6.04 Å². The monoisotopic (exact) mass is 241 g/mol. The molecule has 0 unspecified atom stereocenters. The number of carbonyl (C=O) groups excluding carboxylic acids is 2. The highest BCUT2D eigenvalue weighted by Crippen LogP contribution is 2.21. The van der Waals surface area contributed by atoms with Gasteiger partial charge in [-0.1, -0.05) is 12.2 Å². The van der Waals surface area contributed by atoms with E-state index in [1.165, 1.54) is 12.0 Å². The second-order valence-corrected chi connectivity index (χ2v) is 4.98. The van der Waals surface area contributed by atoms with E-state index in [0.717, 1.165) is 0 Å². The molecule has 1 aliphatic heterocycles. The number of carbonyl (C=O) groups is 2. The van der Waals surface area contributed by atoms with Crippen molar-refractivity contribution in [3.63, 3.8) is 0 Å². The van der Waals surface area contributed by atoms with Gasteiger partial charge in [-0.15, -0.1) is 0 Å². The molecule has 0 aromatic heterocycles. The molecule has 1 aliphatic rings. The summed E-state index contributed by atoms with van der Waals surface area (Å²) in [5.74, 6) is -0.462. The molecule has 0 saturated carbocycles. The van der Waals surface area contributed by atoms with Crippen molar-refractivity contribution in [1.82, 2.24) is 4.90 Å². The summed E-state index contributed by atoms with van der Waals surface area (Å²) in [6, 6.07) is -0.862. The lowest BCUT2D eigenvalue weighted by atomic mass is 10.2. The van der Waals surface area contributed by atoms with Crippen molar-refractivity contribution in [2.24, 2.45) is 0 Å². The maximum absolute atomic E-state index is 12.0. The standard InChI is InChI=1S/C12H19NO4/c1-8-6-7-9(10(14)16-5)13(8)11(15)17-12(2,3)4/h6-9H,1-5H3/t8-,9-/m0/s1. The number of rotatable bonds is 1. The fraction of sp³-hybridized carbons (Fsp3) is 0.667. The van der Waals surface area contributed by atoms with Gasteiger partial charge in [0, 0.05) is 0 Å². The van der Waals surface area contributed by atoms with Crippen LogP contribution in [-0.2, 0) is 14.3 Å². The van der Waals surface area contributed by atoms with Gasteiger partial charge < -0.3 is 9.47 Å². The Morgan fingerprint density at radius 1 is 1.24 bits per heavy atom. The number of nitrogens with zero attached hydrogens (tertiary/aromatic N) is 1. The van der Waals surface area contributed by atoms with E-state index < -0.39 is 23.7 Å². The van der Waals surface area contributed by atoms with E-state index in [2.05, 4.69) is 4.74 Å². The third-order valence-corrected chi connectivity index (χ3v) is 2.36. The van der Waals surface area contributed by atoms with E-state index >= 15 is 0 Å². The Morgan fingerprint density at radius 3 is 2.29 bits per heavy atom. The molecule has 0 fully saturated rings. The van der Waals surface area contributed by atoms with E-state index in [9.17, 15) is 9.59 Å². The highest BCUT2D eigenvalue weighted by Gasteiger charge is 2.38. The van der Waals surface area contributed by atoms with Gasteiger partial charge in [0.15, 0.2) is 6.04 Å². The Balaban J connectivity index is 2.80. The predicted molar refractivity (Wildman–Crippen MR) is 62.5 cm³/mol. The molecule has 5 nitrogen and oxygen atoms in total. The SMILES string of the molecule is COC(=O)[C@@H]1C=C[C@H](C)N1C(=O)OC(C)(C)C. The number of methoxy groups -OCH3 is 1. The van der Waals surface area contributed by atoms with Crippen molar-refractivity contribution >= 4 is 12.1 Å². The molecule has 96 valence electrons. The molecule has 0 radical (unpaired) electrons. The smallest absolute Gasteiger partial charge is 0.411 e. The van der Waals surface area contributed by atoms with Crippen molar-refractivity contribution in [2.45, 2.75) is 45.4 Å². The first kappa shape index (κ1) is 13.5. The van der Waals surface area contributed by atoms with E-state index in [0.29, 0.717) is 0 Å². The Kier molecular flexibility index (Phi) is 3.80. The number of amides is 1. The zero-order chi connectivity index (χ0) is 13.2. The lowest BCUT2D eigenvalue weighted by Gasteiger charge is -2.30.